The zero-order chi connectivity index (χ0) is 20.3. The molecular weight excluding hydrogens is 386 g/mol. The van der Waals surface area contributed by atoms with Gasteiger partial charge in [0.25, 0.3) is 0 Å². The van der Waals surface area contributed by atoms with Crippen LogP contribution in [0.5, 0.6) is 0 Å². The Labute approximate surface area is 180 Å². The number of benzene rings is 1. The molecule has 29 heavy (non-hydrogen) atoms. The summed E-state index contributed by atoms with van der Waals surface area (Å²) in [5.41, 5.74) is 1.23. The van der Waals surface area contributed by atoms with E-state index in [1.54, 1.807) is 0 Å². The van der Waals surface area contributed by atoms with Gasteiger partial charge < -0.3 is 15.4 Å². The van der Waals surface area contributed by atoms with E-state index >= 15 is 0 Å². The van der Waals surface area contributed by atoms with Gasteiger partial charge >= 0.3 is 0 Å². The topological polar surface area (TPSA) is 52.1 Å². The van der Waals surface area contributed by atoms with Crippen LogP contribution in [0.1, 0.15) is 25.3 Å². The first kappa shape index (κ1) is 22.3. The molecule has 7 heteroatoms. The number of nitrogens with zero attached hydrogens (tertiary/aromatic N) is 3. The number of rotatable bonds is 8. The van der Waals surface area contributed by atoms with Crippen LogP contribution in [-0.2, 0) is 11.3 Å². The first-order valence-corrected chi connectivity index (χ1v) is 11.4. The molecule has 1 aromatic carbocycles. The molecule has 0 atom stereocenters. The Kier molecular flexibility index (Phi) is 9.54. The molecular formula is C22H36ClN5O. The number of aliphatic imine (C=N–C) groups is 1. The van der Waals surface area contributed by atoms with Gasteiger partial charge in [-0.3, -0.25) is 14.8 Å². The van der Waals surface area contributed by atoms with E-state index in [9.17, 15) is 0 Å². The Balaban J connectivity index is 1.37. The summed E-state index contributed by atoms with van der Waals surface area (Å²) >= 11 is 6.31. The number of halogens is 1. The van der Waals surface area contributed by atoms with Crippen LogP contribution < -0.4 is 10.6 Å². The Morgan fingerprint density at radius 2 is 1.86 bits per heavy atom. The van der Waals surface area contributed by atoms with Crippen LogP contribution in [0.3, 0.4) is 0 Å². The molecule has 2 aliphatic rings. The van der Waals surface area contributed by atoms with E-state index in [1.807, 2.05) is 12.1 Å². The average Bonchev–Trinajstić information content (AvgIpc) is 2.75. The Bertz CT molecular complexity index is 627. The molecule has 0 bridgehead atoms. The SMILES string of the molecule is CCNC(=NCC1CCN(Cc2ccccc2Cl)CC1)NCCN1CCOCC1. The first-order chi connectivity index (χ1) is 14.2. The highest BCUT2D eigenvalue weighted by molar-refractivity contribution is 6.31. The van der Waals surface area contributed by atoms with Crippen molar-refractivity contribution in [1.82, 2.24) is 20.4 Å². The lowest BCUT2D eigenvalue weighted by Gasteiger charge is -2.31. The number of likely N-dealkylation sites (tertiary alicyclic amines) is 1. The maximum Gasteiger partial charge on any atom is 0.191 e. The van der Waals surface area contributed by atoms with E-state index in [2.05, 4.69) is 39.5 Å². The lowest BCUT2D eigenvalue weighted by atomic mass is 9.96. The molecule has 0 spiro atoms. The molecule has 0 saturated carbocycles. The normalized spacial score (nSPS) is 20.0. The van der Waals surface area contributed by atoms with Gasteiger partial charge in [-0.25, -0.2) is 0 Å². The lowest BCUT2D eigenvalue weighted by Crippen LogP contribution is -2.44. The smallest absolute Gasteiger partial charge is 0.191 e. The number of morpholine rings is 1. The second kappa shape index (κ2) is 12.4. The van der Waals surface area contributed by atoms with Gasteiger partial charge in [0.2, 0.25) is 0 Å². The number of guanidine groups is 1. The molecule has 162 valence electrons. The summed E-state index contributed by atoms with van der Waals surface area (Å²) in [6, 6.07) is 8.17. The Morgan fingerprint density at radius 1 is 1.10 bits per heavy atom. The largest absolute Gasteiger partial charge is 0.379 e. The van der Waals surface area contributed by atoms with Crippen LogP contribution in [0.4, 0.5) is 0 Å². The lowest BCUT2D eigenvalue weighted by molar-refractivity contribution is 0.0389. The van der Waals surface area contributed by atoms with Crippen molar-refractivity contribution in [1.29, 1.82) is 0 Å². The summed E-state index contributed by atoms with van der Waals surface area (Å²) in [5, 5.41) is 7.74. The molecule has 1 aromatic rings. The summed E-state index contributed by atoms with van der Waals surface area (Å²) in [7, 11) is 0. The molecule has 6 nitrogen and oxygen atoms in total. The van der Waals surface area contributed by atoms with Crippen molar-refractivity contribution in [3.8, 4) is 0 Å². The number of piperidine rings is 1. The molecule has 2 fully saturated rings. The predicted molar refractivity (Wildman–Crippen MR) is 121 cm³/mol. The number of ether oxygens (including phenoxy) is 1. The third kappa shape index (κ3) is 7.78. The van der Waals surface area contributed by atoms with Crippen LogP contribution in [0, 0.1) is 5.92 Å². The number of nitrogens with one attached hydrogen (secondary N) is 2. The van der Waals surface area contributed by atoms with Crippen molar-refractivity contribution in [2.45, 2.75) is 26.3 Å². The standard InChI is InChI=1S/C22H36ClN5O/c1-2-24-22(25-9-12-27-13-15-29-16-14-27)26-17-19-7-10-28(11-8-19)18-20-5-3-4-6-21(20)23/h3-6,19H,2,7-18H2,1H3,(H2,24,25,26). The van der Waals surface area contributed by atoms with Crippen molar-refractivity contribution < 1.29 is 4.74 Å². The van der Waals surface area contributed by atoms with Gasteiger partial charge in [0.05, 0.1) is 13.2 Å². The highest BCUT2D eigenvalue weighted by Gasteiger charge is 2.19. The summed E-state index contributed by atoms with van der Waals surface area (Å²) in [6.07, 6.45) is 2.39. The molecule has 0 amide bonds. The van der Waals surface area contributed by atoms with Crippen LogP contribution in [-0.4, -0.2) is 81.3 Å². The van der Waals surface area contributed by atoms with Crippen molar-refractivity contribution in [3.63, 3.8) is 0 Å². The minimum absolute atomic E-state index is 0.659. The summed E-state index contributed by atoms with van der Waals surface area (Å²) < 4.78 is 5.41. The van der Waals surface area contributed by atoms with Crippen molar-refractivity contribution in [2.75, 3.05) is 65.6 Å². The second-order valence-electron chi connectivity index (χ2n) is 7.91. The maximum absolute atomic E-state index is 6.31. The van der Waals surface area contributed by atoms with Crippen molar-refractivity contribution in [3.05, 3.63) is 34.9 Å². The zero-order valence-corrected chi connectivity index (χ0v) is 18.5. The van der Waals surface area contributed by atoms with Crippen LogP contribution in [0.2, 0.25) is 5.02 Å². The third-order valence-corrected chi connectivity index (χ3v) is 6.10. The van der Waals surface area contributed by atoms with Crippen molar-refractivity contribution >= 4 is 17.6 Å². The monoisotopic (exact) mass is 421 g/mol. The van der Waals surface area contributed by atoms with Gasteiger partial charge in [-0.05, 0) is 50.4 Å². The Hall–Kier alpha value is -1.34. The van der Waals surface area contributed by atoms with Crippen molar-refractivity contribution in [2.24, 2.45) is 10.9 Å². The fourth-order valence-corrected chi connectivity index (χ4v) is 4.11. The fraction of sp³-hybridized carbons (Fsp3) is 0.682. The van der Waals surface area contributed by atoms with Gasteiger partial charge in [-0.1, -0.05) is 29.8 Å². The molecule has 2 N–H and O–H groups in total. The van der Waals surface area contributed by atoms with Gasteiger partial charge in [-0.2, -0.15) is 0 Å². The Morgan fingerprint density at radius 3 is 2.59 bits per heavy atom. The second-order valence-corrected chi connectivity index (χ2v) is 8.32. The van der Waals surface area contributed by atoms with E-state index in [0.717, 1.165) is 83.1 Å². The molecule has 0 unspecified atom stereocenters. The predicted octanol–water partition coefficient (Wildman–Crippen LogP) is 2.44. The fourth-order valence-electron chi connectivity index (χ4n) is 3.91. The summed E-state index contributed by atoms with van der Waals surface area (Å²) in [5.74, 6) is 1.60. The third-order valence-electron chi connectivity index (χ3n) is 5.73. The van der Waals surface area contributed by atoms with Gasteiger partial charge in [0, 0.05) is 50.8 Å². The summed E-state index contributed by atoms with van der Waals surface area (Å²) in [4.78, 5) is 9.80. The minimum atomic E-state index is 0.659. The highest BCUT2D eigenvalue weighted by atomic mass is 35.5. The average molecular weight is 422 g/mol. The minimum Gasteiger partial charge on any atom is -0.379 e. The van der Waals surface area contributed by atoms with Gasteiger partial charge in [0.1, 0.15) is 0 Å². The van der Waals surface area contributed by atoms with Gasteiger partial charge in [0.15, 0.2) is 5.96 Å². The quantitative estimate of drug-likeness (QED) is 0.498. The van der Waals surface area contributed by atoms with E-state index < -0.39 is 0 Å². The maximum atomic E-state index is 6.31. The zero-order valence-electron chi connectivity index (χ0n) is 17.7. The summed E-state index contributed by atoms with van der Waals surface area (Å²) in [6.45, 7) is 12.8. The first-order valence-electron chi connectivity index (χ1n) is 11.0. The van der Waals surface area contributed by atoms with E-state index in [-0.39, 0.29) is 0 Å². The molecule has 0 radical (unpaired) electrons. The number of hydrogen-bond acceptors (Lipinski definition) is 4. The van der Waals surface area contributed by atoms with Crippen LogP contribution in [0.15, 0.2) is 29.3 Å². The molecule has 2 aliphatic heterocycles. The van der Waals surface area contributed by atoms with Crippen LogP contribution >= 0.6 is 11.6 Å². The highest BCUT2D eigenvalue weighted by Crippen LogP contribution is 2.22. The molecule has 2 saturated heterocycles. The van der Waals surface area contributed by atoms with E-state index in [1.165, 1.54) is 18.4 Å². The van der Waals surface area contributed by atoms with Crippen LogP contribution in [0.25, 0.3) is 0 Å². The molecule has 3 rings (SSSR count). The van der Waals surface area contributed by atoms with Gasteiger partial charge in [-0.15, -0.1) is 0 Å². The number of hydrogen-bond donors (Lipinski definition) is 2. The van der Waals surface area contributed by atoms with E-state index in [4.69, 9.17) is 21.3 Å². The molecule has 2 heterocycles. The molecule has 0 aromatic heterocycles. The molecule has 0 aliphatic carbocycles. The van der Waals surface area contributed by atoms with E-state index in [0.29, 0.717) is 5.92 Å².